The van der Waals surface area contributed by atoms with Crippen molar-refractivity contribution in [3.63, 3.8) is 0 Å². The number of para-hydroxylation sites is 2. The fourth-order valence-corrected chi connectivity index (χ4v) is 3.01. The van der Waals surface area contributed by atoms with Gasteiger partial charge in [0.25, 0.3) is 0 Å². The van der Waals surface area contributed by atoms with Gasteiger partial charge in [0.05, 0.1) is 12.3 Å². The monoisotopic (exact) mass is 261 g/mol. The molecule has 2 nitrogen and oxygen atoms in total. The zero-order valence-electron chi connectivity index (χ0n) is 12.3. The molecule has 0 bridgehead atoms. The van der Waals surface area contributed by atoms with E-state index in [0.29, 0.717) is 6.04 Å². The quantitative estimate of drug-likeness (QED) is 0.790. The normalized spacial score (nSPS) is 23.1. The van der Waals surface area contributed by atoms with Crippen molar-refractivity contribution >= 4 is 5.69 Å². The Kier molecular flexibility index (Phi) is 5.56. The summed E-state index contributed by atoms with van der Waals surface area (Å²) in [4.78, 5) is 0. The molecule has 0 aromatic heterocycles. The SMILES string of the molecule is CCCOc1ccccc1NC1CCCCC1CC. The second kappa shape index (κ2) is 7.42. The second-order valence-electron chi connectivity index (χ2n) is 5.55. The number of benzene rings is 1. The number of anilines is 1. The van der Waals surface area contributed by atoms with Crippen molar-refractivity contribution in [2.45, 2.75) is 58.4 Å². The summed E-state index contributed by atoms with van der Waals surface area (Å²) in [6.45, 7) is 5.25. The molecule has 1 fully saturated rings. The Labute approximate surface area is 117 Å². The van der Waals surface area contributed by atoms with Crippen LogP contribution in [0.25, 0.3) is 0 Å². The lowest BCUT2D eigenvalue weighted by Crippen LogP contribution is -2.31. The van der Waals surface area contributed by atoms with Gasteiger partial charge in [0.15, 0.2) is 0 Å². The van der Waals surface area contributed by atoms with Gasteiger partial charge in [0.1, 0.15) is 5.75 Å². The Morgan fingerprint density at radius 2 is 1.95 bits per heavy atom. The Balaban J connectivity index is 2.04. The molecule has 2 heteroatoms. The van der Waals surface area contributed by atoms with Crippen molar-refractivity contribution in [3.8, 4) is 5.75 Å². The minimum Gasteiger partial charge on any atom is -0.491 e. The molecule has 0 saturated heterocycles. The molecule has 2 atom stereocenters. The summed E-state index contributed by atoms with van der Waals surface area (Å²) in [5.74, 6) is 1.82. The highest BCUT2D eigenvalue weighted by molar-refractivity contribution is 5.56. The molecule has 2 unspecified atom stereocenters. The smallest absolute Gasteiger partial charge is 0.142 e. The zero-order valence-corrected chi connectivity index (χ0v) is 12.3. The Morgan fingerprint density at radius 3 is 2.74 bits per heavy atom. The van der Waals surface area contributed by atoms with Crippen LogP contribution in [0.15, 0.2) is 24.3 Å². The topological polar surface area (TPSA) is 21.3 Å². The molecule has 0 aliphatic heterocycles. The van der Waals surface area contributed by atoms with Gasteiger partial charge in [-0.1, -0.05) is 45.2 Å². The summed E-state index contributed by atoms with van der Waals surface area (Å²) in [7, 11) is 0. The number of ether oxygens (including phenoxy) is 1. The van der Waals surface area contributed by atoms with Crippen molar-refractivity contribution in [3.05, 3.63) is 24.3 Å². The third-order valence-corrected chi connectivity index (χ3v) is 4.12. The van der Waals surface area contributed by atoms with E-state index in [9.17, 15) is 0 Å². The van der Waals surface area contributed by atoms with Crippen LogP contribution in [0, 0.1) is 5.92 Å². The van der Waals surface area contributed by atoms with Crippen LogP contribution >= 0.6 is 0 Å². The predicted octanol–water partition coefficient (Wildman–Crippen LogP) is 4.86. The summed E-state index contributed by atoms with van der Waals surface area (Å²) in [5, 5.41) is 3.73. The lowest BCUT2D eigenvalue weighted by Gasteiger charge is -2.32. The number of rotatable bonds is 6. The van der Waals surface area contributed by atoms with E-state index in [4.69, 9.17) is 4.74 Å². The number of nitrogens with one attached hydrogen (secondary N) is 1. The van der Waals surface area contributed by atoms with E-state index in [1.165, 1.54) is 37.8 Å². The van der Waals surface area contributed by atoms with Crippen LogP contribution in [-0.2, 0) is 0 Å². The fraction of sp³-hybridized carbons (Fsp3) is 0.647. The molecule has 1 aromatic carbocycles. The molecule has 106 valence electrons. The minimum atomic E-state index is 0.616. The van der Waals surface area contributed by atoms with E-state index < -0.39 is 0 Å². The Morgan fingerprint density at radius 1 is 1.16 bits per heavy atom. The molecule has 0 spiro atoms. The van der Waals surface area contributed by atoms with Crippen molar-refractivity contribution in [1.82, 2.24) is 0 Å². The largest absolute Gasteiger partial charge is 0.491 e. The second-order valence-corrected chi connectivity index (χ2v) is 5.55. The Bertz CT molecular complexity index is 377. The molecule has 1 aliphatic rings. The Hall–Kier alpha value is -1.18. The molecule has 19 heavy (non-hydrogen) atoms. The number of hydrogen-bond donors (Lipinski definition) is 1. The highest BCUT2D eigenvalue weighted by Gasteiger charge is 2.24. The van der Waals surface area contributed by atoms with Crippen molar-refractivity contribution in [2.75, 3.05) is 11.9 Å². The van der Waals surface area contributed by atoms with E-state index in [-0.39, 0.29) is 0 Å². The summed E-state index contributed by atoms with van der Waals surface area (Å²) >= 11 is 0. The van der Waals surface area contributed by atoms with E-state index >= 15 is 0 Å². The third-order valence-electron chi connectivity index (χ3n) is 4.12. The first-order valence-electron chi connectivity index (χ1n) is 7.83. The van der Waals surface area contributed by atoms with Gasteiger partial charge in [-0.05, 0) is 37.3 Å². The van der Waals surface area contributed by atoms with Gasteiger partial charge in [-0.3, -0.25) is 0 Å². The van der Waals surface area contributed by atoms with Crippen molar-refractivity contribution < 1.29 is 4.74 Å². The van der Waals surface area contributed by atoms with Gasteiger partial charge in [0.2, 0.25) is 0 Å². The van der Waals surface area contributed by atoms with E-state index in [1.54, 1.807) is 0 Å². The first-order valence-corrected chi connectivity index (χ1v) is 7.83. The van der Waals surface area contributed by atoms with Gasteiger partial charge in [-0.25, -0.2) is 0 Å². The van der Waals surface area contributed by atoms with Crippen LogP contribution in [0.4, 0.5) is 5.69 Å². The summed E-state index contributed by atoms with van der Waals surface area (Å²) in [6.07, 6.45) is 7.73. The summed E-state index contributed by atoms with van der Waals surface area (Å²) < 4.78 is 5.83. The van der Waals surface area contributed by atoms with Crippen LogP contribution in [0.1, 0.15) is 52.4 Å². The maximum absolute atomic E-state index is 5.83. The maximum atomic E-state index is 5.83. The fourth-order valence-electron chi connectivity index (χ4n) is 3.01. The molecule has 0 amide bonds. The molecule has 1 aliphatic carbocycles. The average Bonchev–Trinajstić information content (AvgIpc) is 2.47. The van der Waals surface area contributed by atoms with Gasteiger partial charge in [0, 0.05) is 6.04 Å². The molecule has 2 rings (SSSR count). The van der Waals surface area contributed by atoms with Crippen LogP contribution in [0.3, 0.4) is 0 Å². The van der Waals surface area contributed by atoms with Crippen molar-refractivity contribution in [2.24, 2.45) is 5.92 Å². The van der Waals surface area contributed by atoms with Crippen LogP contribution in [-0.4, -0.2) is 12.6 Å². The molecular formula is C17H27NO. The first kappa shape index (κ1) is 14.2. The standard InChI is InChI=1S/C17H27NO/c1-3-13-19-17-12-8-7-11-16(17)18-15-10-6-5-9-14(15)4-2/h7-8,11-12,14-15,18H,3-6,9-10,13H2,1-2H3. The predicted molar refractivity (Wildman–Crippen MR) is 81.9 cm³/mol. The first-order chi connectivity index (χ1) is 9.35. The van der Waals surface area contributed by atoms with Crippen LogP contribution < -0.4 is 10.1 Å². The highest BCUT2D eigenvalue weighted by atomic mass is 16.5. The van der Waals surface area contributed by atoms with Crippen molar-refractivity contribution in [1.29, 1.82) is 0 Å². The summed E-state index contributed by atoms with van der Waals surface area (Å²) in [6, 6.07) is 8.97. The molecule has 1 aromatic rings. The zero-order chi connectivity index (χ0) is 13.5. The lowest BCUT2D eigenvalue weighted by molar-refractivity contribution is 0.307. The van der Waals surface area contributed by atoms with E-state index in [2.05, 4.69) is 37.4 Å². The third kappa shape index (κ3) is 3.89. The van der Waals surface area contributed by atoms with Gasteiger partial charge < -0.3 is 10.1 Å². The van der Waals surface area contributed by atoms with Gasteiger partial charge >= 0.3 is 0 Å². The lowest BCUT2D eigenvalue weighted by atomic mass is 9.83. The highest BCUT2D eigenvalue weighted by Crippen LogP contribution is 2.32. The van der Waals surface area contributed by atoms with Crippen LogP contribution in [0.5, 0.6) is 5.75 Å². The molecule has 0 heterocycles. The van der Waals surface area contributed by atoms with Gasteiger partial charge in [-0.15, -0.1) is 0 Å². The molecule has 0 radical (unpaired) electrons. The average molecular weight is 261 g/mol. The molecular weight excluding hydrogens is 234 g/mol. The number of hydrogen-bond acceptors (Lipinski definition) is 2. The van der Waals surface area contributed by atoms with E-state index in [1.807, 2.05) is 6.07 Å². The minimum absolute atomic E-state index is 0.616. The molecule has 1 saturated carbocycles. The van der Waals surface area contributed by atoms with E-state index in [0.717, 1.165) is 24.7 Å². The summed E-state index contributed by atoms with van der Waals surface area (Å²) in [5.41, 5.74) is 1.17. The van der Waals surface area contributed by atoms with Crippen LogP contribution in [0.2, 0.25) is 0 Å². The maximum Gasteiger partial charge on any atom is 0.142 e. The molecule has 1 N–H and O–H groups in total. The van der Waals surface area contributed by atoms with Gasteiger partial charge in [-0.2, -0.15) is 0 Å².